The Hall–Kier alpha value is -0.740. The van der Waals surface area contributed by atoms with Crippen LogP contribution in [0, 0.1) is 0 Å². The lowest BCUT2D eigenvalue weighted by Crippen LogP contribution is -2.35. The summed E-state index contributed by atoms with van der Waals surface area (Å²) in [4.78, 5) is 24.3. The first-order chi connectivity index (χ1) is 8.04. The Kier molecular flexibility index (Phi) is 3.64. The molecular formula is C9H10FIN2O4. The van der Waals surface area contributed by atoms with Crippen molar-refractivity contribution in [2.45, 2.75) is 24.6 Å². The number of nitrogens with one attached hydrogen (secondary N) is 1. The van der Waals surface area contributed by atoms with Crippen LogP contribution >= 0.6 is 22.6 Å². The Labute approximate surface area is 109 Å². The molecule has 2 N–H and O–H groups in total. The molecule has 1 aromatic heterocycles. The van der Waals surface area contributed by atoms with E-state index in [-0.39, 0.29) is 0 Å². The molecule has 1 aliphatic heterocycles. The first kappa shape index (κ1) is 12.7. The van der Waals surface area contributed by atoms with Crippen molar-refractivity contribution >= 4 is 22.6 Å². The maximum atomic E-state index is 13.8. The predicted octanol–water partition coefficient (Wildman–Crippen LogP) is -0.432. The van der Waals surface area contributed by atoms with Gasteiger partial charge >= 0.3 is 5.69 Å². The molecule has 0 spiro atoms. The number of hydrogen-bond donors (Lipinski definition) is 2. The Morgan fingerprint density at radius 1 is 1.59 bits per heavy atom. The molecule has 94 valence electrons. The van der Waals surface area contributed by atoms with E-state index in [1.165, 1.54) is 0 Å². The Morgan fingerprint density at radius 3 is 2.82 bits per heavy atom. The number of halogens is 2. The fraction of sp³-hybridized carbons (Fsp3) is 0.556. The second kappa shape index (κ2) is 4.86. The average molecular weight is 356 g/mol. The standard InChI is InChI=1S/C9H10FIN2O4/c10-6-7(15)4(3-11)17-8(6)13-2-1-5(14)12-9(13)16/h1-2,4,6-8,15H,3H2,(H,12,14,16)/t4-,6?,7-,8-/m1/s1. The summed E-state index contributed by atoms with van der Waals surface area (Å²) in [6.07, 6.45) is -3.67. The van der Waals surface area contributed by atoms with E-state index in [0.29, 0.717) is 4.43 Å². The summed E-state index contributed by atoms with van der Waals surface area (Å²) in [5, 5.41) is 9.54. The number of hydrogen-bond acceptors (Lipinski definition) is 4. The third-order valence-corrected chi connectivity index (χ3v) is 3.44. The van der Waals surface area contributed by atoms with Gasteiger partial charge in [-0.2, -0.15) is 0 Å². The SMILES string of the molecule is O=c1ccn([C@@H]2O[C@H](CI)[C@@H](O)C2F)c(=O)[nH]1. The van der Waals surface area contributed by atoms with Gasteiger partial charge in [-0.1, -0.05) is 22.6 Å². The molecule has 1 aliphatic rings. The minimum Gasteiger partial charge on any atom is -0.387 e. The zero-order chi connectivity index (χ0) is 12.6. The quantitative estimate of drug-likeness (QED) is 0.556. The largest absolute Gasteiger partial charge is 0.387 e. The van der Waals surface area contributed by atoms with Gasteiger partial charge in [-0.25, -0.2) is 9.18 Å². The van der Waals surface area contributed by atoms with Crippen LogP contribution in [0.5, 0.6) is 0 Å². The number of rotatable bonds is 2. The van der Waals surface area contributed by atoms with Crippen LogP contribution in [0.4, 0.5) is 4.39 Å². The van der Waals surface area contributed by atoms with Crippen LogP contribution in [-0.2, 0) is 4.74 Å². The Morgan fingerprint density at radius 2 is 2.29 bits per heavy atom. The molecule has 2 heterocycles. The molecule has 0 saturated carbocycles. The van der Waals surface area contributed by atoms with E-state index in [4.69, 9.17) is 4.74 Å². The van der Waals surface area contributed by atoms with Gasteiger partial charge in [0.2, 0.25) is 0 Å². The molecule has 0 radical (unpaired) electrons. The molecule has 0 bridgehead atoms. The van der Waals surface area contributed by atoms with Crippen LogP contribution in [0.2, 0.25) is 0 Å². The molecule has 0 aliphatic carbocycles. The second-order valence-corrected chi connectivity index (χ2v) is 4.55. The van der Waals surface area contributed by atoms with Crippen LogP contribution < -0.4 is 11.2 Å². The van der Waals surface area contributed by atoms with Crippen LogP contribution in [0.25, 0.3) is 0 Å². The summed E-state index contributed by atoms with van der Waals surface area (Å²) in [7, 11) is 0. The van der Waals surface area contributed by atoms with E-state index in [2.05, 4.69) is 0 Å². The van der Waals surface area contributed by atoms with Crippen molar-refractivity contribution in [1.82, 2.24) is 9.55 Å². The van der Waals surface area contributed by atoms with E-state index >= 15 is 0 Å². The van der Waals surface area contributed by atoms with Gasteiger partial charge in [0.05, 0.1) is 6.10 Å². The van der Waals surface area contributed by atoms with Crippen LogP contribution in [0.3, 0.4) is 0 Å². The second-order valence-electron chi connectivity index (χ2n) is 3.67. The van der Waals surface area contributed by atoms with Gasteiger partial charge in [0, 0.05) is 16.7 Å². The van der Waals surface area contributed by atoms with Gasteiger partial charge in [-0.3, -0.25) is 14.3 Å². The monoisotopic (exact) mass is 356 g/mol. The molecule has 1 fully saturated rings. The van der Waals surface area contributed by atoms with Crippen molar-refractivity contribution < 1.29 is 14.2 Å². The molecule has 1 unspecified atom stereocenters. The highest BCUT2D eigenvalue weighted by Gasteiger charge is 2.44. The minimum atomic E-state index is -1.70. The minimum absolute atomic E-state index is 0.411. The van der Waals surface area contributed by atoms with Crippen LogP contribution in [0.15, 0.2) is 21.9 Å². The molecule has 8 heteroatoms. The molecular weight excluding hydrogens is 346 g/mol. The van der Waals surface area contributed by atoms with Crippen molar-refractivity contribution in [3.63, 3.8) is 0 Å². The topological polar surface area (TPSA) is 84.3 Å². The normalized spacial score (nSPS) is 32.9. The van der Waals surface area contributed by atoms with Crippen molar-refractivity contribution in [3.8, 4) is 0 Å². The molecule has 0 aromatic carbocycles. The fourth-order valence-electron chi connectivity index (χ4n) is 1.68. The number of aromatic amines is 1. The number of nitrogens with zero attached hydrogens (tertiary/aromatic N) is 1. The summed E-state index contributed by atoms with van der Waals surface area (Å²) in [5.41, 5.74) is -1.32. The third kappa shape index (κ3) is 2.29. The van der Waals surface area contributed by atoms with Gasteiger partial charge < -0.3 is 9.84 Å². The maximum Gasteiger partial charge on any atom is 0.330 e. The van der Waals surface area contributed by atoms with Crippen molar-refractivity contribution in [2.24, 2.45) is 0 Å². The van der Waals surface area contributed by atoms with Gasteiger partial charge in [-0.15, -0.1) is 0 Å². The lowest BCUT2D eigenvalue weighted by molar-refractivity contribution is -0.0153. The van der Waals surface area contributed by atoms with Crippen molar-refractivity contribution in [2.75, 3.05) is 4.43 Å². The summed E-state index contributed by atoms with van der Waals surface area (Å²) >= 11 is 1.96. The highest BCUT2D eigenvalue weighted by molar-refractivity contribution is 14.1. The zero-order valence-electron chi connectivity index (χ0n) is 8.55. The number of aliphatic hydroxyl groups excluding tert-OH is 1. The molecule has 1 aromatic rings. The summed E-state index contributed by atoms with van der Waals surface area (Å²) in [5.74, 6) is 0. The number of alkyl halides is 2. The molecule has 17 heavy (non-hydrogen) atoms. The highest BCUT2D eigenvalue weighted by Crippen LogP contribution is 2.31. The molecule has 2 rings (SSSR count). The Balaban J connectivity index is 2.35. The van der Waals surface area contributed by atoms with E-state index in [0.717, 1.165) is 16.8 Å². The van der Waals surface area contributed by atoms with Gasteiger partial charge in [-0.05, 0) is 0 Å². The molecule has 1 saturated heterocycles. The molecule has 6 nitrogen and oxygen atoms in total. The predicted molar refractivity (Wildman–Crippen MR) is 65.0 cm³/mol. The average Bonchev–Trinajstić information content (AvgIpc) is 2.57. The summed E-state index contributed by atoms with van der Waals surface area (Å²) in [6.45, 7) is 0. The number of aromatic nitrogens is 2. The zero-order valence-corrected chi connectivity index (χ0v) is 10.7. The molecule has 4 atom stereocenters. The van der Waals surface area contributed by atoms with E-state index < -0.39 is 35.9 Å². The van der Waals surface area contributed by atoms with Gasteiger partial charge in [0.15, 0.2) is 12.4 Å². The van der Waals surface area contributed by atoms with Crippen LogP contribution in [-0.4, -0.2) is 37.5 Å². The highest BCUT2D eigenvalue weighted by atomic mass is 127. The van der Waals surface area contributed by atoms with E-state index in [1.807, 2.05) is 27.6 Å². The summed E-state index contributed by atoms with van der Waals surface area (Å²) in [6, 6.07) is 1.10. The van der Waals surface area contributed by atoms with Gasteiger partial charge in [0.25, 0.3) is 5.56 Å². The lowest BCUT2D eigenvalue weighted by Gasteiger charge is -2.15. The third-order valence-electron chi connectivity index (χ3n) is 2.57. The first-order valence-electron chi connectivity index (χ1n) is 4.89. The fourth-order valence-corrected chi connectivity index (χ4v) is 2.41. The summed E-state index contributed by atoms with van der Waals surface area (Å²) < 4.78 is 20.3. The van der Waals surface area contributed by atoms with Gasteiger partial charge in [0.1, 0.15) is 6.10 Å². The van der Waals surface area contributed by atoms with Crippen molar-refractivity contribution in [1.29, 1.82) is 0 Å². The van der Waals surface area contributed by atoms with Crippen molar-refractivity contribution in [3.05, 3.63) is 33.1 Å². The van der Waals surface area contributed by atoms with E-state index in [9.17, 15) is 19.1 Å². The smallest absolute Gasteiger partial charge is 0.330 e. The number of H-pyrrole nitrogens is 1. The lowest BCUT2D eigenvalue weighted by atomic mass is 10.2. The van der Waals surface area contributed by atoms with E-state index in [1.54, 1.807) is 0 Å². The Bertz CT molecular complexity index is 516. The first-order valence-corrected chi connectivity index (χ1v) is 6.42. The maximum absolute atomic E-state index is 13.8. The van der Waals surface area contributed by atoms with Crippen LogP contribution in [0.1, 0.15) is 6.23 Å². The number of aliphatic hydroxyl groups is 1. The number of ether oxygens (including phenoxy) is 1. The molecule has 0 amide bonds.